The van der Waals surface area contributed by atoms with Gasteiger partial charge in [0.05, 0.1) is 0 Å². The van der Waals surface area contributed by atoms with E-state index < -0.39 is 0 Å². The molecule has 0 saturated heterocycles. The number of nitrogen functional groups attached to an aromatic ring is 1. The maximum atomic E-state index is 5.87. The van der Waals surface area contributed by atoms with Crippen LogP contribution in [0.2, 0.25) is 5.02 Å². The molecule has 0 saturated carbocycles. The maximum absolute atomic E-state index is 5.87. The minimum atomic E-state index is 0.675. The number of nitrogens with one attached hydrogen (secondary N) is 1. The Morgan fingerprint density at radius 3 is 2.40 bits per heavy atom. The average Bonchev–Trinajstić information content (AvgIpc) is 2.91. The number of halogens is 1. The number of benzene rings is 2. The molecule has 100 valence electrons. The van der Waals surface area contributed by atoms with Crippen LogP contribution in [0.5, 0.6) is 0 Å². The second-order valence-electron chi connectivity index (χ2n) is 4.53. The second-order valence-corrected chi connectivity index (χ2v) is 4.97. The van der Waals surface area contributed by atoms with E-state index in [0.717, 1.165) is 27.7 Å². The molecule has 0 atom stereocenters. The van der Waals surface area contributed by atoms with Crippen molar-refractivity contribution in [1.29, 1.82) is 0 Å². The second kappa shape index (κ2) is 5.35. The summed E-state index contributed by atoms with van der Waals surface area (Å²) in [5.41, 5.74) is 8.47. The summed E-state index contributed by atoms with van der Waals surface area (Å²) < 4.78 is 0. The summed E-state index contributed by atoms with van der Waals surface area (Å²) in [7, 11) is 0. The first-order valence-electron chi connectivity index (χ1n) is 6.22. The third-order valence-corrected chi connectivity index (χ3v) is 3.24. The predicted octanol–water partition coefficient (Wildman–Crippen LogP) is 3.30. The highest BCUT2D eigenvalue weighted by Crippen LogP contribution is 2.17. The van der Waals surface area contributed by atoms with Crippen LogP contribution < -0.4 is 5.73 Å². The van der Waals surface area contributed by atoms with Crippen molar-refractivity contribution in [2.45, 2.75) is 6.42 Å². The van der Waals surface area contributed by atoms with E-state index >= 15 is 0 Å². The summed E-state index contributed by atoms with van der Waals surface area (Å²) in [4.78, 5) is 4.49. The van der Waals surface area contributed by atoms with Gasteiger partial charge in [-0.1, -0.05) is 23.7 Å². The topological polar surface area (TPSA) is 67.6 Å². The van der Waals surface area contributed by atoms with Gasteiger partial charge in [0, 0.05) is 22.7 Å². The van der Waals surface area contributed by atoms with Crippen molar-refractivity contribution < 1.29 is 0 Å². The molecule has 0 radical (unpaired) electrons. The van der Waals surface area contributed by atoms with E-state index in [9.17, 15) is 0 Å². The van der Waals surface area contributed by atoms with Crippen molar-refractivity contribution in [3.8, 4) is 11.4 Å². The molecule has 0 amide bonds. The van der Waals surface area contributed by atoms with E-state index in [-0.39, 0.29) is 0 Å². The number of anilines is 1. The van der Waals surface area contributed by atoms with Gasteiger partial charge < -0.3 is 5.73 Å². The van der Waals surface area contributed by atoms with E-state index in [1.807, 2.05) is 48.5 Å². The van der Waals surface area contributed by atoms with Crippen LogP contribution in [0.3, 0.4) is 0 Å². The monoisotopic (exact) mass is 284 g/mol. The van der Waals surface area contributed by atoms with Crippen molar-refractivity contribution in [2.24, 2.45) is 0 Å². The number of aromatic nitrogens is 3. The summed E-state index contributed by atoms with van der Waals surface area (Å²) >= 11 is 5.87. The average molecular weight is 285 g/mol. The van der Waals surface area contributed by atoms with E-state index in [1.165, 1.54) is 0 Å². The van der Waals surface area contributed by atoms with Gasteiger partial charge in [-0.2, -0.15) is 5.10 Å². The molecule has 0 fully saturated rings. The van der Waals surface area contributed by atoms with Crippen molar-refractivity contribution in [2.75, 3.05) is 5.73 Å². The van der Waals surface area contributed by atoms with Crippen LogP contribution in [0, 0.1) is 0 Å². The molecule has 3 aromatic rings. The minimum Gasteiger partial charge on any atom is -0.399 e. The Kier molecular flexibility index (Phi) is 3.39. The van der Waals surface area contributed by atoms with Gasteiger partial charge in [-0.3, -0.25) is 5.10 Å². The summed E-state index contributed by atoms with van der Waals surface area (Å²) in [5, 5.41) is 7.91. The molecule has 20 heavy (non-hydrogen) atoms. The highest BCUT2D eigenvalue weighted by atomic mass is 35.5. The SMILES string of the molecule is Nc1ccc(-c2n[nH]c(Cc3ccc(Cl)cc3)n2)cc1. The van der Waals surface area contributed by atoms with Gasteiger partial charge in [-0.05, 0) is 42.0 Å². The smallest absolute Gasteiger partial charge is 0.181 e. The van der Waals surface area contributed by atoms with Crippen molar-refractivity contribution in [3.63, 3.8) is 0 Å². The van der Waals surface area contributed by atoms with Crippen LogP contribution in [0.4, 0.5) is 5.69 Å². The van der Waals surface area contributed by atoms with Crippen LogP contribution in [0.1, 0.15) is 11.4 Å². The standard InChI is InChI=1S/C15H13ClN4/c16-12-5-1-10(2-6-12)9-14-18-15(20-19-14)11-3-7-13(17)8-4-11/h1-8H,9,17H2,(H,18,19,20). The highest BCUT2D eigenvalue weighted by molar-refractivity contribution is 6.30. The molecule has 0 bridgehead atoms. The van der Waals surface area contributed by atoms with Gasteiger partial charge >= 0.3 is 0 Å². The van der Waals surface area contributed by atoms with Gasteiger partial charge in [0.2, 0.25) is 0 Å². The zero-order valence-corrected chi connectivity index (χ0v) is 11.4. The largest absolute Gasteiger partial charge is 0.399 e. The minimum absolute atomic E-state index is 0.675. The molecule has 0 aliphatic heterocycles. The molecular formula is C15H13ClN4. The molecule has 1 aromatic heterocycles. The fourth-order valence-electron chi connectivity index (χ4n) is 1.93. The van der Waals surface area contributed by atoms with Gasteiger partial charge in [0.15, 0.2) is 5.82 Å². The summed E-state index contributed by atoms with van der Waals surface area (Å²) in [6.45, 7) is 0. The quantitative estimate of drug-likeness (QED) is 0.725. The highest BCUT2D eigenvalue weighted by Gasteiger charge is 2.06. The van der Waals surface area contributed by atoms with Crippen molar-refractivity contribution in [1.82, 2.24) is 15.2 Å². The predicted molar refractivity (Wildman–Crippen MR) is 80.5 cm³/mol. The molecule has 1 heterocycles. The zero-order valence-electron chi connectivity index (χ0n) is 10.7. The van der Waals surface area contributed by atoms with E-state index in [4.69, 9.17) is 17.3 Å². The molecule has 0 aliphatic rings. The molecule has 0 aliphatic carbocycles. The first-order valence-corrected chi connectivity index (χ1v) is 6.60. The van der Waals surface area contributed by atoms with Crippen molar-refractivity contribution >= 4 is 17.3 Å². The van der Waals surface area contributed by atoms with Gasteiger partial charge in [-0.15, -0.1) is 0 Å². The van der Waals surface area contributed by atoms with Crippen LogP contribution in [0.15, 0.2) is 48.5 Å². The third-order valence-electron chi connectivity index (χ3n) is 2.99. The Balaban J connectivity index is 1.80. The third kappa shape index (κ3) is 2.81. The van der Waals surface area contributed by atoms with Crippen LogP contribution in [-0.2, 0) is 6.42 Å². The Morgan fingerprint density at radius 2 is 1.70 bits per heavy atom. The lowest BCUT2D eigenvalue weighted by Gasteiger charge is -1.98. The Labute approximate surface area is 121 Å². The first kappa shape index (κ1) is 12.7. The molecule has 5 heteroatoms. The van der Waals surface area contributed by atoms with Gasteiger partial charge in [0.1, 0.15) is 5.82 Å². The Morgan fingerprint density at radius 1 is 1.00 bits per heavy atom. The normalized spacial score (nSPS) is 10.7. The molecular weight excluding hydrogens is 272 g/mol. The molecule has 0 unspecified atom stereocenters. The fraction of sp³-hybridized carbons (Fsp3) is 0.0667. The summed E-state index contributed by atoms with van der Waals surface area (Å²) in [6.07, 6.45) is 0.694. The van der Waals surface area contributed by atoms with E-state index in [2.05, 4.69) is 15.2 Å². The Bertz CT molecular complexity index is 701. The molecule has 0 spiro atoms. The number of nitrogens with two attached hydrogens (primary N) is 1. The van der Waals surface area contributed by atoms with Crippen molar-refractivity contribution in [3.05, 3.63) is 64.9 Å². The first-order chi connectivity index (χ1) is 9.70. The number of aromatic amines is 1. The number of H-pyrrole nitrogens is 1. The number of rotatable bonds is 3. The van der Waals surface area contributed by atoms with Crippen LogP contribution >= 0.6 is 11.6 Å². The number of nitrogens with zero attached hydrogens (tertiary/aromatic N) is 2. The molecule has 4 nitrogen and oxygen atoms in total. The van der Waals surface area contributed by atoms with E-state index in [1.54, 1.807) is 0 Å². The van der Waals surface area contributed by atoms with Crippen LogP contribution in [0.25, 0.3) is 11.4 Å². The lowest BCUT2D eigenvalue weighted by atomic mass is 10.1. The molecule has 3 N–H and O–H groups in total. The maximum Gasteiger partial charge on any atom is 0.181 e. The van der Waals surface area contributed by atoms with E-state index in [0.29, 0.717) is 12.2 Å². The van der Waals surface area contributed by atoms with Gasteiger partial charge in [-0.25, -0.2) is 4.98 Å². The zero-order chi connectivity index (χ0) is 13.9. The molecule has 3 rings (SSSR count). The van der Waals surface area contributed by atoms with Crippen LogP contribution in [-0.4, -0.2) is 15.2 Å². The number of hydrogen-bond acceptors (Lipinski definition) is 3. The molecule has 2 aromatic carbocycles. The van der Waals surface area contributed by atoms with Gasteiger partial charge in [0.25, 0.3) is 0 Å². The number of hydrogen-bond donors (Lipinski definition) is 2. The summed E-state index contributed by atoms with van der Waals surface area (Å²) in [5.74, 6) is 1.49. The Hall–Kier alpha value is -2.33. The summed E-state index contributed by atoms with van der Waals surface area (Å²) in [6, 6.07) is 15.2. The fourth-order valence-corrected chi connectivity index (χ4v) is 2.06. The lowest BCUT2D eigenvalue weighted by Crippen LogP contribution is -1.90. The lowest BCUT2D eigenvalue weighted by molar-refractivity contribution is 0.973.